The molecule has 2 heterocycles. The zero-order chi connectivity index (χ0) is 40.1. The van der Waals surface area contributed by atoms with Gasteiger partial charge in [-0.15, -0.1) is 0 Å². The lowest BCUT2D eigenvalue weighted by Crippen LogP contribution is -2.59. The van der Waals surface area contributed by atoms with Gasteiger partial charge in [0.05, 0.1) is 5.54 Å². The highest BCUT2D eigenvalue weighted by Gasteiger charge is 2.62. The van der Waals surface area contributed by atoms with Crippen molar-refractivity contribution in [3.8, 4) is 22.3 Å². The van der Waals surface area contributed by atoms with Crippen molar-refractivity contribution in [3.05, 3.63) is 203 Å². The van der Waals surface area contributed by atoms with Crippen molar-refractivity contribution in [2.45, 2.75) is 63.3 Å². The number of furan rings is 1. The maximum atomic E-state index is 6.98. The molecule has 0 saturated carbocycles. The molecule has 0 spiro atoms. The number of benzene rings is 7. The Kier molecular flexibility index (Phi) is 6.83. The Morgan fingerprint density at radius 2 is 1.24 bits per heavy atom. The lowest BCUT2D eigenvalue weighted by atomic mass is 9.50. The molecular formula is C57H47NO. The SMILES string of the molecule is CC1C=CC2(C)C3=C1C1(C)C(=CC3(C)N(c3ccc4oc5c(-c6ccc(-c7ccccc7)cc6)c6ccccc6cc5c4c3)c3ccccc32)C(C)(C)c2ccccc21. The minimum absolute atomic E-state index is 0.131. The molecule has 7 aromatic carbocycles. The predicted octanol–water partition coefficient (Wildman–Crippen LogP) is 14.9. The number of hydrogen-bond acceptors (Lipinski definition) is 2. The minimum Gasteiger partial charge on any atom is -0.455 e. The zero-order valence-corrected chi connectivity index (χ0v) is 34.6. The Balaban J connectivity index is 1.11. The maximum Gasteiger partial charge on any atom is 0.143 e. The molecule has 4 aliphatic rings. The fourth-order valence-electron chi connectivity index (χ4n) is 12.5. The zero-order valence-electron chi connectivity index (χ0n) is 34.6. The summed E-state index contributed by atoms with van der Waals surface area (Å²) in [5.74, 6) is 0.286. The van der Waals surface area contributed by atoms with Crippen molar-refractivity contribution in [3.63, 3.8) is 0 Å². The summed E-state index contributed by atoms with van der Waals surface area (Å²) >= 11 is 0. The Labute approximate surface area is 346 Å². The second-order valence-electron chi connectivity index (χ2n) is 18.6. The Hall–Kier alpha value is -6.38. The highest BCUT2D eigenvalue weighted by Crippen LogP contribution is 2.68. The third-order valence-corrected chi connectivity index (χ3v) is 15.0. The van der Waals surface area contributed by atoms with Gasteiger partial charge in [-0.3, -0.25) is 0 Å². The van der Waals surface area contributed by atoms with E-state index in [1.54, 1.807) is 5.57 Å². The van der Waals surface area contributed by atoms with Crippen LogP contribution in [0.1, 0.15) is 58.2 Å². The van der Waals surface area contributed by atoms with Crippen LogP contribution in [0, 0.1) is 5.92 Å². The molecule has 2 heteroatoms. The number of anilines is 2. The summed E-state index contributed by atoms with van der Waals surface area (Å²) in [6, 6.07) is 56.0. The lowest BCUT2D eigenvalue weighted by Gasteiger charge is -2.60. The fraction of sp³-hybridized carbons (Fsp3) is 0.193. The van der Waals surface area contributed by atoms with Gasteiger partial charge in [-0.2, -0.15) is 0 Å². The minimum atomic E-state index is -0.447. The van der Waals surface area contributed by atoms with Crippen LogP contribution < -0.4 is 4.90 Å². The molecule has 286 valence electrons. The van der Waals surface area contributed by atoms with Crippen LogP contribution in [0.4, 0.5) is 11.4 Å². The summed E-state index contributed by atoms with van der Waals surface area (Å²) in [7, 11) is 0. The van der Waals surface area contributed by atoms with Gasteiger partial charge in [0, 0.05) is 44.0 Å². The molecule has 0 saturated heterocycles. The average molecular weight is 762 g/mol. The molecule has 1 aliphatic heterocycles. The Bertz CT molecular complexity index is 3190. The van der Waals surface area contributed by atoms with E-state index in [1.807, 2.05) is 0 Å². The van der Waals surface area contributed by atoms with Gasteiger partial charge in [0.1, 0.15) is 11.2 Å². The van der Waals surface area contributed by atoms with Crippen LogP contribution >= 0.6 is 0 Å². The average Bonchev–Trinajstić information content (AvgIpc) is 3.70. The molecule has 0 amide bonds. The molecule has 1 aromatic heterocycles. The monoisotopic (exact) mass is 761 g/mol. The molecule has 2 nitrogen and oxygen atoms in total. The van der Waals surface area contributed by atoms with Crippen LogP contribution in [0.5, 0.6) is 0 Å². The van der Waals surface area contributed by atoms with Crippen LogP contribution in [-0.2, 0) is 16.2 Å². The highest BCUT2D eigenvalue weighted by atomic mass is 16.3. The first kappa shape index (κ1) is 34.6. The van der Waals surface area contributed by atoms with Crippen molar-refractivity contribution in [1.29, 1.82) is 0 Å². The molecule has 8 aromatic rings. The molecule has 3 aliphatic carbocycles. The van der Waals surface area contributed by atoms with Gasteiger partial charge < -0.3 is 9.32 Å². The number of rotatable bonds is 3. The molecule has 0 bridgehead atoms. The molecule has 0 N–H and O–H groups in total. The van der Waals surface area contributed by atoms with E-state index in [0.29, 0.717) is 0 Å². The van der Waals surface area contributed by atoms with E-state index < -0.39 is 5.54 Å². The van der Waals surface area contributed by atoms with E-state index >= 15 is 0 Å². The fourth-order valence-corrected chi connectivity index (χ4v) is 12.5. The second-order valence-corrected chi connectivity index (χ2v) is 18.6. The molecule has 12 rings (SSSR count). The molecule has 59 heavy (non-hydrogen) atoms. The number of nitrogens with zero attached hydrogens (tertiary/aromatic N) is 1. The molecular weight excluding hydrogens is 715 g/mol. The van der Waals surface area contributed by atoms with E-state index in [2.05, 4.69) is 216 Å². The number of para-hydroxylation sites is 1. The summed E-state index contributed by atoms with van der Waals surface area (Å²) in [5, 5.41) is 4.67. The maximum absolute atomic E-state index is 6.98. The summed E-state index contributed by atoms with van der Waals surface area (Å²) < 4.78 is 6.98. The highest BCUT2D eigenvalue weighted by molar-refractivity contribution is 6.19. The number of fused-ring (bicyclic) bond motifs is 10. The van der Waals surface area contributed by atoms with Crippen LogP contribution in [0.2, 0.25) is 0 Å². The van der Waals surface area contributed by atoms with Crippen LogP contribution in [0.25, 0.3) is 55.0 Å². The van der Waals surface area contributed by atoms with Crippen molar-refractivity contribution in [2.24, 2.45) is 5.92 Å². The largest absolute Gasteiger partial charge is 0.455 e. The summed E-state index contributed by atoms with van der Waals surface area (Å²) in [5.41, 5.74) is 16.7. The van der Waals surface area contributed by atoms with Gasteiger partial charge in [-0.25, -0.2) is 0 Å². The number of allylic oxidation sites excluding steroid dienone is 4. The Morgan fingerprint density at radius 1 is 0.576 bits per heavy atom. The van der Waals surface area contributed by atoms with Gasteiger partial charge in [-0.05, 0) is 118 Å². The van der Waals surface area contributed by atoms with Gasteiger partial charge >= 0.3 is 0 Å². The summed E-state index contributed by atoms with van der Waals surface area (Å²) in [6.45, 7) is 14.8. The van der Waals surface area contributed by atoms with Crippen molar-refractivity contribution < 1.29 is 4.42 Å². The van der Waals surface area contributed by atoms with Gasteiger partial charge in [0.15, 0.2) is 0 Å². The topological polar surface area (TPSA) is 16.4 Å². The summed E-state index contributed by atoms with van der Waals surface area (Å²) in [4.78, 5) is 2.67. The smallest absolute Gasteiger partial charge is 0.143 e. The van der Waals surface area contributed by atoms with Crippen molar-refractivity contribution in [1.82, 2.24) is 0 Å². The van der Waals surface area contributed by atoms with E-state index in [0.717, 1.165) is 33.1 Å². The first-order valence-electron chi connectivity index (χ1n) is 21.3. The van der Waals surface area contributed by atoms with Gasteiger partial charge in [0.25, 0.3) is 0 Å². The molecule has 4 atom stereocenters. The normalized spacial score (nSPS) is 24.9. The lowest BCUT2D eigenvalue weighted by molar-refractivity contribution is 0.415. The van der Waals surface area contributed by atoms with Crippen LogP contribution in [0.15, 0.2) is 191 Å². The quantitative estimate of drug-likeness (QED) is 0.167. The predicted molar refractivity (Wildman–Crippen MR) is 247 cm³/mol. The molecule has 4 unspecified atom stereocenters. The third kappa shape index (κ3) is 4.37. The van der Waals surface area contributed by atoms with E-state index in [9.17, 15) is 0 Å². The molecule has 0 radical (unpaired) electrons. The third-order valence-electron chi connectivity index (χ3n) is 15.0. The first-order chi connectivity index (χ1) is 28.5. The van der Waals surface area contributed by atoms with Crippen LogP contribution in [-0.4, -0.2) is 5.54 Å². The Morgan fingerprint density at radius 3 is 2.03 bits per heavy atom. The van der Waals surface area contributed by atoms with Crippen molar-refractivity contribution in [2.75, 3.05) is 4.90 Å². The van der Waals surface area contributed by atoms with E-state index in [-0.39, 0.29) is 22.2 Å². The van der Waals surface area contributed by atoms with E-state index in [1.165, 1.54) is 61.1 Å². The standard InChI is InChI=1S/C57H47NO/c1-35-30-31-55(4)46-22-14-15-23-47(46)58(56(5)34-49-54(2,3)44-20-12-13-21-45(44)57(49,6)51(35)53(55)56)40-28-29-48-42(33-40)43-32-39-18-10-11-19-41(39)50(52(43)59-48)38-26-24-37(25-27-38)36-16-8-7-9-17-36/h7-35H,1-6H3. The van der Waals surface area contributed by atoms with Crippen molar-refractivity contribution >= 4 is 44.1 Å². The molecule has 0 fully saturated rings. The second kappa shape index (κ2) is 11.6. The van der Waals surface area contributed by atoms with Gasteiger partial charge in [-0.1, -0.05) is 160 Å². The van der Waals surface area contributed by atoms with Crippen LogP contribution in [0.3, 0.4) is 0 Å². The van der Waals surface area contributed by atoms with Gasteiger partial charge in [0.2, 0.25) is 0 Å². The first-order valence-corrected chi connectivity index (χ1v) is 21.3. The summed E-state index contributed by atoms with van der Waals surface area (Å²) in [6.07, 6.45) is 7.70. The number of hydrogen-bond donors (Lipinski definition) is 0. The van der Waals surface area contributed by atoms with E-state index in [4.69, 9.17) is 4.42 Å².